The van der Waals surface area contributed by atoms with E-state index in [2.05, 4.69) is 24.5 Å². The van der Waals surface area contributed by atoms with Crippen LogP contribution in [0.15, 0.2) is 42.5 Å². The van der Waals surface area contributed by atoms with Gasteiger partial charge in [0.25, 0.3) is 5.91 Å². The lowest BCUT2D eigenvalue weighted by atomic mass is 9.98. The van der Waals surface area contributed by atoms with Crippen molar-refractivity contribution in [3.05, 3.63) is 59.2 Å². The third-order valence-electron chi connectivity index (χ3n) is 5.66. The van der Waals surface area contributed by atoms with Crippen LogP contribution in [0.2, 0.25) is 0 Å². The largest absolute Gasteiger partial charge is 0.376 e. The lowest BCUT2D eigenvalue weighted by molar-refractivity contribution is -0.114. The van der Waals surface area contributed by atoms with Crippen LogP contribution in [-0.4, -0.2) is 36.3 Å². The van der Waals surface area contributed by atoms with E-state index in [4.69, 9.17) is 0 Å². The van der Waals surface area contributed by atoms with Crippen LogP contribution in [0.3, 0.4) is 0 Å². The number of amides is 2. The molecule has 0 radical (unpaired) electrons. The van der Waals surface area contributed by atoms with Gasteiger partial charge in [0.05, 0.1) is 6.54 Å². The van der Waals surface area contributed by atoms with Gasteiger partial charge in [-0.2, -0.15) is 0 Å². The molecule has 0 aliphatic carbocycles. The summed E-state index contributed by atoms with van der Waals surface area (Å²) in [5.41, 5.74) is 4.62. The highest BCUT2D eigenvalue weighted by Crippen LogP contribution is 2.21. The molecule has 0 spiro atoms. The Bertz CT molecular complexity index is 853. The van der Waals surface area contributed by atoms with E-state index < -0.39 is 0 Å². The summed E-state index contributed by atoms with van der Waals surface area (Å²) in [4.78, 5) is 26.9. The average Bonchev–Trinajstić information content (AvgIpc) is 2.74. The zero-order valence-corrected chi connectivity index (χ0v) is 17.6. The van der Waals surface area contributed by atoms with Crippen molar-refractivity contribution in [3.63, 3.8) is 0 Å². The van der Waals surface area contributed by atoms with Gasteiger partial charge in [-0.3, -0.25) is 9.59 Å². The van der Waals surface area contributed by atoms with Gasteiger partial charge in [0.15, 0.2) is 0 Å². The molecule has 154 valence electrons. The van der Waals surface area contributed by atoms with Crippen molar-refractivity contribution in [1.29, 1.82) is 0 Å². The molecule has 5 heteroatoms. The molecule has 0 atom stereocenters. The van der Waals surface area contributed by atoms with Gasteiger partial charge in [0, 0.05) is 30.0 Å². The highest BCUT2D eigenvalue weighted by molar-refractivity contribution is 5.96. The molecule has 2 aromatic rings. The minimum absolute atomic E-state index is 0.0865. The molecule has 2 amide bonds. The minimum atomic E-state index is -0.0865. The highest BCUT2D eigenvalue weighted by Gasteiger charge is 2.21. The van der Waals surface area contributed by atoms with Crippen LogP contribution in [0.25, 0.3) is 0 Å². The van der Waals surface area contributed by atoms with E-state index in [1.807, 2.05) is 54.3 Å². The summed E-state index contributed by atoms with van der Waals surface area (Å²) in [6.07, 6.45) is 3.01. The maximum Gasteiger partial charge on any atom is 0.253 e. The van der Waals surface area contributed by atoms with Gasteiger partial charge in [-0.1, -0.05) is 32.0 Å². The Hall–Kier alpha value is -2.82. The predicted molar refractivity (Wildman–Crippen MR) is 118 cm³/mol. The summed E-state index contributed by atoms with van der Waals surface area (Å²) < 4.78 is 0. The Labute approximate surface area is 173 Å². The smallest absolute Gasteiger partial charge is 0.253 e. The molecule has 2 N–H and O–H groups in total. The fraction of sp³-hybridized carbons (Fsp3) is 0.417. The van der Waals surface area contributed by atoms with E-state index in [1.54, 1.807) is 0 Å². The Morgan fingerprint density at radius 1 is 1.07 bits per heavy atom. The number of nitrogens with one attached hydrogen (secondary N) is 2. The number of likely N-dealkylation sites (tertiary alicyclic amines) is 1. The second kappa shape index (κ2) is 9.59. The number of carbonyl (C=O) groups excluding carboxylic acids is 2. The van der Waals surface area contributed by atoms with Crippen LogP contribution in [0.4, 0.5) is 11.4 Å². The van der Waals surface area contributed by atoms with Gasteiger partial charge in [-0.15, -0.1) is 0 Å². The van der Waals surface area contributed by atoms with Crippen molar-refractivity contribution in [3.8, 4) is 0 Å². The summed E-state index contributed by atoms with van der Waals surface area (Å²) in [5, 5.41) is 6.15. The molecule has 29 heavy (non-hydrogen) atoms. The van der Waals surface area contributed by atoms with Crippen molar-refractivity contribution >= 4 is 23.2 Å². The van der Waals surface area contributed by atoms with E-state index >= 15 is 0 Å². The van der Waals surface area contributed by atoms with Crippen LogP contribution in [-0.2, 0) is 11.2 Å². The number of nitrogens with zero attached hydrogens (tertiary/aromatic N) is 1. The molecule has 3 rings (SSSR count). The summed E-state index contributed by atoms with van der Waals surface area (Å²) in [7, 11) is 0. The number of piperidine rings is 1. The molecular weight excluding hydrogens is 362 g/mol. The molecule has 0 aromatic heterocycles. The first-order valence-electron chi connectivity index (χ1n) is 10.5. The maximum atomic E-state index is 12.6. The second-order valence-corrected chi connectivity index (χ2v) is 7.92. The molecular formula is C24H31N3O2. The molecule has 1 saturated heterocycles. The van der Waals surface area contributed by atoms with E-state index in [-0.39, 0.29) is 18.4 Å². The van der Waals surface area contributed by atoms with Gasteiger partial charge in [0.2, 0.25) is 5.91 Å². The number of benzene rings is 2. The molecule has 0 bridgehead atoms. The van der Waals surface area contributed by atoms with Gasteiger partial charge in [-0.05, 0) is 67.5 Å². The number of aryl methyl sites for hydroxylation is 2. The van der Waals surface area contributed by atoms with Gasteiger partial charge in [-0.25, -0.2) is 0 Å². The number of para-hydroxylation sites is 1. The molecule has 1 aliphatic rings. The van der Waals surface area contributed by atoms with Gasteiger partial charge < -0.3 is 15.5 Å². The van der Waals surface area contributed by atoms with Crippen LogP contribution in [0.1, 0.15) is 48.2 Å². The van der Waals surface area contributed by atoms with E-state index in [0.717, 1.165) is 54.9 Å². The molecule has 1 heterocycles. The maximum absolute atomic E-state index is 12.6. The van der Waals surface area contributed by atoms with Crippen LogP contribution in [0, 0.1) is 12.8 Å². The average molecular weight is 394 g/mol. The quantitative estimate of drug-likeness (QED) is 0.761. The van der Waals surface area contributed by atoms with E-state index in [0.29, 0.717) is 11.5 Å². The Balaban J connectivity index is 1.54. The molecule has 2 aromatic carbocycles. The Morgan fingerprint density at radius 2 is 1.76 bits per heavy atom. The lowest BCUT2D eigenvalue weighted by Gasteiger charge is -2.30. The molecule has 1 aliphatic heterocycles. The lowest BCUT2D eigenvalue weighted by Crippen LogP contribution is -2.37. The number of rotatable bonds is 6. The normalized spacial score (nSPS) is 14.5. The van der Waals surface area contributed by atoms with Crippen molar-refractivity contribution in [2.45, 2.75) is 40.0 Å². The molecule has 1 fully saturated rings. The molecule has 5 nitrogen and oxygen atoms in total. The highest BCUT2D eigenvalue weighted by atomic mass is 16.2. The second-order valence-electron chi connectivity index (χ2n) is 7.92. The summed E-state index contributed by atoms with van der Waals surface area (Å²) >= 11 is 0. The number of hydrogen-bond acceptors (Lipinski definition) is 3. The van der Waals surface area contributed by atoms with E-state index in [9.17, 15) is 9.59 Å². The number of hydrogen-bond donors (Lipinski definition) is 2. The standard InChI is InChI=1S/C24H31N3O2/c1-4-19-7-5-6-18(3)23(19)26-22(28)16-25-21-10-8-20(9-11-21)24(29)27-14-12-17(2)13-15-27/h5-11,17,25H,4,12-16H2,1-3H3,(H,26,28). The summed E-state index contributed by atoms with van der Waals surface area (Å²) in [6.45, 7) is 8.16. The van der Waals surface area contributed by atoms with E-state index in [1.165, 1.54) is 0 Å². The van der Waals surface area contributed by atoms with Gasteiger partial charge in [0.1, 0.15) is 0 Å². The van der Waals surface area contributed by atoms with Crippen LogP contribution >= 0.6 is 0 Å². The number of carbonyl (C=O) groups is 2. The van der Waals surface area contributed by atoms with Gasteiger partial charge >= 0.3 is 0 Å². The van der Waals surface area contributed by atoms with Crippen LogP contribution < -0.4 is 10.6 Å². The minimum Gasteiger partial charge on any atom is -0.376 e. The van der Waals surface area contributed by atoms with Crippen LogP contribution in [0.5, 0.6) is 0 Å². The van der Waals surface area contributed by atoms with Crippen molar-refractivity contribution in [1.82, 2.24) is 4.90 Å². The monoisotopic (exact) mass is 393 g/mol. The first kappa shape index (κ1) is 20.9. The third kappa shape index (κ3) is 5.37. The van der Waals surface area contributed by atoms with Crippen molar-refractivity contribution in [2.24, 2.45) is 5.92 Å². The zero-order valence-electron chi connectivity index (χ0n) is 17.6. The third-order valence-corrected chi connectivity index (χ3v) is 5.66. The zero-order chi connectivity index (χ0) is 20.8. The predicted octanol–water partition coefficient (Wildman–Crippen LogP) is 4.48. The van der Waals surface area contributed by atoms with Crippen molar-refractivity contribution in [2.75, 3.05) is 30.3 Å². The SMILES string of the molecule is CCc1cccc(C)c1NC(=O)CNc1ccc(C(=O)N2CCC(C)CC2)cc1. The fourth-order valence-electron chi connectivity index (χ4n) is 3.69. The first-order valence-corrected chi connectivity index (χ1v) is 10.5. The number of anilines is 2. The summed E-state index contributed by atoms with van der Waals surface area (Å²) in [6, 6.07) is 13.4. The first-order chi connectivity index (χ1) is 14.0. The summed E-state index contributed by atoms with van der Waals surface area (Å²) in [5.74, 6) is 0.703. The Kier molecular flexibility index (Phi) is 6.91. The topological polar surface area (TPSA) is 61.4 Å². The molecule has 0 saturated carbocycles. The molecule has 0 unspecified atom stereocenters. The fourth-order valence-corrected chi connectivity index (χ4v) is 3.69. The Morgan fingerprint density at radius 3 is 2.41 bits per heavy atom. The van der Waals surface area contributed by atoms with Crippen molar-refractivity contribution < 1.29 is 9.59 Å².